The van der Waals surface area contributed by atoms with Gasteiger partial charge in [0, 0.05) is 38.1 Å². The Hall–Kier alpha value is -3.13. The molecule has 8 heteroatoms. The molecule has 0 unspecified atom stereocenters. The van der Waals surface area contributed by atoms with Crippen LogP contribution in [0.3, 0.4) is 0 Å². The topological polar surface area (TPSA) is 62.2 Å². The first kappa shape index (κ1) is 21.6. The Labute approximate surface area is 173 Å². The molecule has 2 aromatic carbocycles. The normalized spacial score (nSPS) is 15.8. The van der Waals surface area contributed by atoms with Gasteiger partial charge in [0.2, 0.25) is 5.91 Å². The number of amides is 2. The molecule has 3 rings (SSSR count). The first-order chi connectivity index (χ1) is 14.4. The Bertz CT molecular complexity index is 964. The third kappa shape index (κ3) is 4.71. The number of benzene rings is 2. The molecule has 0 fully saturated rings. The van der Waals surface area contributed by atoms with Crippen LogP contribution in [0.1, 0.15) is 30.5 Å². The highest BCUT2D eigenvalue weighted by Gasteiger charge is 2.36. The van der Waals surface area contributed by atoms with Crippen LogP contribution in [0.25, 0.3) is 0 Å². The number of halogens is 2. The fraction of sp³-hybridized carbons (Fsp3) is 0.318. The zero-order chi connectivity index (χ0) is 21.7. The van der Waals surface area contributed by atoms with Crippen molar-refractivity contribution in [3.63, 3.8) is 0 Å². The minimum absolute atomic E-state index is 0.158. The van der Waals surface area contributed by atoms with Gasteiger partial charge >= 0.3 is 0 Å². The number of hydrazone groups is 1. The van der Waals surface area contributed by atoms with Crippen LogP contribution >= 0.6 is 0 Å². The maximum absolute atomic E-state index is 14.5. The summed E-state index contributed by atoms with van der Waals surface area (Å²) in [5, 5.41) is 5.49. The van der Waals surface area contributed by atoms with Crippen LogP contribution in [0, 0.1) is 11.6 Å². The monoisotopic (exact) mass is 415 g/mol. The van der Waals surface area contributed by atoms with Gasteiger partial charge in [-0.15, -0.1) is 0 Å². The molecule has 30 heavy (non-hydrogen) atoms. The zero-order valence-corrected chi connectivity index (χ0v) is 16.8. The van der Waals surface area contributed by atoms with E-state index in [-0.39, 0.29) is 43.2 Å². The van der Waals surface area contributed by atoms with Crippen molar-refractivity contribution in [1.29, 1.82) is 0 Å². The van der Waals surface area contributed by atoms with Crippen LogP contribution in [-0.2, 0) is 14.3 Å². The Morgan fingerprint density at radius 2 is 1.80 bits per heavy atom. The van der Waals surface area contributed by atoms with Gasteiger partial charge in [-0.2, -0.15) is 5.10 Å². The van der Waals surface area contributed by atoms with Crippen molar-refractivity contribution < 1.29 is 23.1 Å². The number of carbonyl (C=O) groups is 2. The third-order valence-corrected chi connectivity index (χ3v) is 4.95. The lowest BCUT2D eigenvalue weighted by Crippen LogP contribution is -2.41. The predicted octanol–water partition coefficient (Wildman–Crippen LogP) is 3.14. The van der Waals surface area contributed by atoms with Gasteiger partial charge in [-0.25, -0.2) is 13.8 Å². The number of hydrogen-bond acceptors (Lipinski definition) is 4. The van der Waals surface area contributed by atoms with E-state index in [1.165, 1.54) is 31.1 Å². The molecule has 1 heterocycles. The van der Waals surface area contributed by atoms with Gasteiger partial charge in [0.15, 0.2) is 0 Å². The molecular weight excluding hydrogens is 392 g/mol. The summed E-state index contributed by atoms with van der Waals surface area (Å²) < 4.78 is 33.8. The summed E-state index contributed by atoms with van der Waals surface area (Å²) in [6.07, 6.45) is 0.158. The highest BCUT2D eigenvalue weighted by atomic mass is 19.1. The fourth-order valence-electron chi connectivity index (χ4n) is 3.37. The van der Waals surface area contributed by atoms with Crippen molar-refractivity contribution >= 4 is 17.5 Å². The van der Waals surface area contributed by atoms with E-state index in [4.69, 9.17) is 4.74 Å². The van der Waals surface area contributed by atoms with Crippen LogP contribution in [0.4, 0.5) is 8.78 Å². The first-order valence-electron chi connectivity index (χ1n) is 9.55. The second kappa shape index (κ2) is 9.58. The molecule has 0 radical (unpaired) electrons. The van der Waals surface area contributed by atoms with Crippen molar-refractivity contribution in [2.24, 2.45) is 5.10 Å². The minimum atomic E-state index is -0.732. The SMILES string of the molecule is COCCN(CC(=O)N1N=C(c2ccccc2F)C[C@@H]1c1ccccc1F)C(C)=O. The smallest absolute Gasteiger partial charge is 0.262 e. The quantitative estimate of drug-likeness (QED) is 0.698. The van der Waals surface area contributed by atoms with E-state index in [0.29, 0.717) is 5.71 Å². The van der Waals surface area contributed by atoms with E-state index in [2.05, 4.69) is 5.10 Å². The van der Waals surface area contributed by atoms with Gasteiger partial charge in [-0.1, -0.05) is 36.4 Å². The molecule has 1 aliphatic heterocycles. The number of ether oxygens (including phenoxy) is 1. The zero-order valence-electron chi connectivity index (χ0n) is 16.8. The van der Waals surface area contributed by atoms with Crippen molar-refractivity contribution in [2.45, 2.75) is 19.4 Å². The average molecular weight is 415 g/mol. The van der Waals surface area contributed by atoms with Crippen LogP contribution in [0.2, 0.25) is 0 Å². The van der Waals surface area contributed by atoms with Crippen LogP contribution < -0.4 is 0 Å². The van der Waals surface area contributed by atoms with E-state index in [9.17, 15) is 18.4 Å². The van der Waals surface area contributed by atoms with E-state index in [1.54, 1.807) is 36.4 Å². The van der Waals surface area contributed by atoms with Gasteiger partial charge < -0.3 is 9.64 Å². The summed E-state index contributed by atoms with van der Waals surface area (Å²) in [6, 6.07) is 11.5. The molecular formula is C22H23F2N3O3. The Morgan fingerprint density at radius 3 is 2.43 bits per heavy atom. The van der Waals surface area contributed by atoms with Gasteiger partial charge in [0.25, 0.3) is 5.91 Å². The standard InChI is InChI=1S/C22H23F2N3O3/c1-15(28)26(11-12-30-2)14-22(29)27-21(17-8-4-6-10-19(17)24)13-20(25-27)16-7-3-5-9-18(16)23/h3-10,21H,11-14H2,1-2H3/t21-/m1/s1. The molecule has 1 atom stereocenters. The highest BCUT2D eigenvalue weighted by molar-refractivity contribution is 6.03. The number of carbonyl (C=O) groups excluding carboxylic acids is 2. The summed E-state index contributed by atoms with van der Waals surface area (Å²) in [6.45, 7) is 1.63. The molecule has 158 valence electrons. The molecule has 0 aromatic heterocycles. The van der Waals surface area contributed by atoms with E-state index in [0.717, 1.165) is 5.01 Å². The Balaban J connectivity index is 1.93. The van der Waals surface area contributed by atoms with Crippen molar-refractivity contribution in [3.05, 3.63) is 71.3 Å². The van der Waals surface area contributed by atoms with Gasteiger partial charge in [-0.05, 0) is 12.1 Å². The molecule has 6 nitrogen and oxygen atoms in total. The molecule has 1 aliphatic rings. The minimum Gasteiger partial charge on any atom is -0.383 e. The summed E-state index contributed by atoms with van der Waals surface area (Å²) in [7, 11) is 1.50. The lowest BCUT2D eigenvalue weighted by atomic mass is 9.97. The number of hydrogen-bond donors (Lipinski definition) is 0. The van der Waals surface area contributed by atoms with Crippen molar-refractivity contribution in [3.8, 4) is 0 Å². The van der Waals surface area contributed by atoms with E-state index in [1.807, 2.05) is 0 Å². The second-order valence-corrected chi connectivity index (χ2v) is 6.94. The van der Waals surface area contributed by atoms with Crippen LogP contribution in [0.5, 0.6) is 0 Å². The summed E-state index contributed by atoms with van der Waals surface area (Å²) in [5.41, 5.74) is 0.894. The second-order valence-electron chi connectivity index (χ2n) is 6.94. The molecule has 2 amide bonds. The highest BCUT2D eigenvalue weighted by Crippen LogP contribution is 2.34. The summed E-state index contributed by atoms with van der Waals surface area (Å²) in [5.74, 6) is -1.72. The lowest BCUT2D eigenvalue weighted by molar-refractivity contribution is -0.141. The van der Waals surface area contributed by atoms with E-state index < -0.39 is 23.6 Å². The fourth-order valence-corrected chi connectivity index (χ4v) is 3.37. The molecule has 0 N–H and O–H groups in total. The molecule has 0 bridgehead atoms. The average Bonchev–Trinajstić information content (AvgIpc) is 3.16. The predicted molar refractivity (Wildman–Crippen MR) is 108 cm³/mol. The van der Waals surface area contributed by atoms with Gasteiger partial charge in [0.05, 0.1) is 18.4 Å². The van der Waals surface area contributed by atoms with Crippen molar-refractivity contribution in [1.82, 2.24) is 9.91 Å². The summed E-state index contributed by atoms with van der Waals surface area (Å²) in [4.78, 5) is 26.3. The molecule has 0 spiro atoms. The Kier molecular flexibility index (Phi) is 6.89. The largest absolute Gasteiger partial charge is 0.383 e. The molecule has 0 aliphatic carbocycles. The van der Waals surface area contributed by atoms with Crippen molar-refractivity contribution in [2.75, 3.05) is 26.8 Å². The Morgan fingerprint density at radius 1 is 1.13 bits per heavy atom. The van der Waals surface area contributed by atoms with Crippen LogP contribution in [0.15, 0.2) is 53.6 Å². The van der Waals surface area contributed by atoms with Gasteiger partial charge in [-0.3, -0.25) is 9.59 Å². The molecule has 0 saturated heterocycles. The number of nitrogens with zero attached hydrogens (tertiary/aromatic N) is 3. The molecule has 2 aromatic rings. The maximum atomic E-state index is 14.5. The maximum Gasteiger partial charge on any atom is 0.262 e. The van der Waals surface area contributed by atoms with E-state index >= 15 is 0 Å². The van der Waals surface area contributed by atoms with Gasteiger partial charge in [0.1, 0.15) is 18.2 Å². The first-order valence-corrected chi connectivity index (χ1v) is 9.55. The third-order valence-electron chi connectivity index (χ3n) is 4.95. The lowest BCUT2D eigenvalue weighted by Gasteiger charge is -2.26. The number of methoxy groups -OCH3 is 1. The summed E-state index contributed by atoms with van der Waals surface area (Å²) >= 11 is 0. The molecule has 0 saturated carbocycles. The van der Waals surface area contributed by atoms with Crippen LogP contribution in [-0.4, -0.2) is 54.2 Å². The number of rotatable bonds is 7.